The molecule has 0 bridgehead atoms. The Morgan fingerprint density at radius 2 is 1.66 bits per heavy atom. The van der Waals surface area contributed by atoms with Crippen molar-refractivity contribution in [1.29, 1.82) is 0 Å². The first-order valence-electron chi connectivity index (χ1n) is 13.4. The molecule has 5 rings (SSSR count). The number of Topliss-reactive ketones (excluding diaryl/α,β-unsaturated/α-hetero) is 1. The van der Waals surface area contributed by atoms with Crippen molar-refractivity contribution in [3.8, 4) is 11.3 Å². The summed E-state index contributed by atoms with van der Waals surface area (Å²) in [6.07, 6.45) is 6.35. The largest absolute Gasteiger partial charge is 0.301 e. The molecule has 6 nitrogen and oxygen atoms in total. The van der Waals surface area contributed by atoms with Crippen molar-refractivity contribution in [3.05, 3.63) is 113 Å². The number of ketones is 1. The minimum atomic E-state index is 0.137. The Bertz CT molecular complexity index is 1360. The minimum absolute atomic E-state index is 0.137. The maximum absolute atomic E-state index is 13.1. The predicted molar refractivity (Wildman–Crippen MR) is 151 cm³/mol. The van der Waals surface area contributed by atoms with Crippen molar-refractivity contribution in [1.82, 2.24) is 24.8 Å². The van der Waals surface area contributed by atoms with Gasteiger partial charge in [0, 0.05) is 75.3 Å². The Morgan fingerprint density at radius 3 is 2.39 bits per heavy atom. The molecule has 1 aliphatic heterocycles. The zero-order chi connectivity index (χ0) is 26.3. The molecule has 3 heterocycles. The third-order valence-electron chi connectivity index (χ3n) is 7.38. The minimum Gasteiger partial charge on any atom is -0.301 e. The van der Waals surface area contributed by atoms with Crippen molar-refractivity contribution >= 4 is 5.78 Å². The molecule has 0 unspecified atom stereocenters. The number of likely N-dealkylation sites (N-methyl/N-ethyl adjacent to an activating group) is 1. The second-order valence-corrected chi connectivity index (χ2v) is 10.0. The summed E-state index contributed by atoms with van der Waals surface area (Å²) >= 11 is 0. The summed E-state index contributed by atoms with van der Waals surface area (Å²) < 4.78 is 0. The first-order chi connectivity index (χ1) is 18.6. The molecule has 1 saturated heterocycles. The predicted octanol–water partition coefficient (Wildman–Crippen LogP) is 5.00. The van der Waals surface area contributed by atoms with Crippen molar-refractivity contribution in [2.24, 2.45) is 0 Å². The van der Waals surface area contributed by atoms with E-state index in [1.807, 2.05) is 42.6 Å². The van der Waals surface area contributed by atoms with Gasteiger partial charge in [-0.15, -0.1) is 0 Å². The second kappa shape index (κ2) is 12.2. The number of hydrogen-bond donors (Lipinski definition) is 0. The van der Waals surface area contributed by atoms with Gasteiger partial charge in [0.15, 0.2) is 5.78 Å². The molecule has 0 amide bonds. The lowest BCUT2D eigenvalue weighted by Gasteiger charge is -2.34. The Kier molecular flexibility index (Phi) is 8.31. The molecule has 2 aromatic heterocycles. The van der Waals surface area contributed by atoms with E-state index >= 15 is 0 Å². The fourth-order valence-electron chi connectivity index (χ4n) is 4.96. The maximum atomic E-state index is 13.1. The second-order valence-electron chi connectivity index (χ2n) is 10.0. The van der Waals surface area contributed by atoms with E-state index in [0.717, 1.165) is 73.0 Å². The number of benzene rings is 2. The highest BCUT2D eigenvalue weighted by atomic mass is 16.1. The molecule has 1 fully saturated rings. The molecule has 1 aliphatic rings. The number of pyridine rings is 1. The van der Waals surface area contributed by atoms with Crippen LogP contribution in [0.25, 0.3) is 11.3 Å². The average molecular weight is 506 g/mol. The number of aryl methyl sites for hydroxylation is 1. The van der Waals surface area contributed by atoms with Gasteiger partial charge in [-0.2, -0.15) is 0 Å². The van der Waals surface area contributed by atoms with Gasteiger partial charge in [0.05, 0.1) is 5.69 Å². The lowest BCUT2D eigenvalue weighted by atomic mass is 9.97. The maximum Gasteiger partial charge on any atom is 0.167 e. The molecule has 6 heteroatoms. The Balaban J connectivity index is 1.22. The molecule has 2 aromatic carbocycles. The van der Waals surface area contributed by atoms with Gasteiger partial charge in [-0.05, 0) is 53.9 Å². The lowest BCUT2D eigenvalue weighted by Crippen LogP contribution is -2.45. The first-order valence-corrected chi connectivity index (χ1v) is 13.4. The topological polar surface area (TPSA) is 62.2 Å². The van der Waals surface area contributed by atoms with Crippen LogP contribution < -0.4 is 0 Å². The van der Waals surface area contributed by atoms with Crippen LogP contribution in [-0.4, -0.2) is 63.3 Å². The molecule has 194 valence electrons. The fraction of sp³-hybridized carbons (Fsp3) is 0.312. The molecule has 0 saturated carbocycles. The lowest BCUT2D eigenvalue weighted by molar-refractivity contribution is 0.0993. The van der Waals surface area contributed by atoms with Crippen LogP contribution in [0.3, 0.4) is 0 Å². The van der Waals surface area contributed by atoms with Crippen LogP contribution in [0.5, 0.6) is 0 Å². The third-order valence-corrected chi connectivity index (χ3v) is 7.38. The highest BCUT2D eigenvalue weighted by Gasteiger charge is 2.16. The highest BCUT2D eigenvalue weighted by molar-refractivity contribution is 5.97. The van der Waals surface area contributed by atoms with Gasteiger partial charge in [0.1, 0.15) is 5.82 Å². The van der Waals surface area contributed by atoms with Crippen molar-refractivity contribution < 1.29 is 4.79 Å². The number of nitrogens with zero attached hydrogens (tertiary/aromatic N) is 5. The number of piperazine rings is 1. The molecular weight excluding hydrogens is 470 g/mol. The summed E-state index contributed by atoms with van der Waals surface area (Å²) in [5, 5.41) is 0. The van der Waals surface area contributed by atoms with Crippen molar-refractivity contribution in [2.75, 3.05) is 32.7 Å². The van der Waals surface area contributed by atoms with Crippen LogP contribution in [-0.2, 0) is 19.4 Å². The summed E-state index contributed by atoms with van der Waals surface area (Å²) in [5.74, 6) is 0.891. The fourth-order valence-corrected chi connectivity index (χ4v) is 4.96. The molecule has 0 aliphatic carbocycles. The monoisotopic (exact) mass is 505 g/mol. The number of rotatable bonds is 9. The van der Waals surface area contributed by atoms with Crippen molar-refractivity contribution in [2.45, 2.75) is 33.2 Å². The smallest absolute Gasteiger partial charge is 0.167 e. The Morgan fingerprint density at radius 1 is 0.895 bits per heavy atom. The van der Waals surface area contributed by atoms with E-state index in [-0.39, 0.29) is 5.78 Å². The van der Waals surface area contributed by atoms with Gasteiger partial charge < -0.3 is 4.90 Å². The van der Waals surface area contributed by atoms with E-state index < -0.39 is 0 Å². The van der Waals surface area contributed by atoms with Crippen LogP contribution in [0.1, 0.15) is 45.4 Å². The molecule has 0 atom stereocenters. The van der Waals surface area contributed by atoms with Gasteiger partial charge in [-0.25, -0.2) is 9.97 Å². The molecule has 0 N–H and O–H groups in total. The molecule has 4 aromatic rings. The van der Waals surface area contributed by atoms with E-state index in [1.165, 1.54) is 11.1 Å². The summed E-state index contributed by atoms with van der Waals surface area (Å²) in [5.41, 5.74) is 7.17. The van der Waals surface area contributed by atoms with Crippen LogP contribution >= 0.6 is 0 Å². The van der Waals surface area contributed by atoms with Crippen LogP contribution in [0.2, 0.25) is 0 Å². The van der Waals surface area contributed by atoms with Crippen LogP contribution in [0.15, 0.2) is 79.3 Å². The molecular formula is C32H35N5O. The molecule has 0 spiro atoms. The van der Waals surface area contributed by atoms with Gasteiger partial charge in [0.25, 0.3) is 0 Å². The van der Waals surface area contributed by atoms with E-state index in [9.17, 15) is 4.79 Å². The van der Waals surface area contributed by atoms with Gasteiger partial charge in [-0.1, -0.05) is 49.4 Å². The first kappa shape index (κ1) is 25.9. The number of aromatic nitrogens is 3. The van der Waals surface area contributed by atoms with Crippen LogP contribution in [0, 0.1) is 6.92 Å². The SMILES string of the molecule is CCN1CCN(Cc2ccc(C(=O)Cc3ccc(C)c(Cc4nccc(-c5cccnc5)n4)c3)cc2)CC1. The quantitative estimate of drug-likeness (QED) is 0.298. The normalized spacial score (nSPS) is 14.5. The molecule has 0 radical (unpaired) electrons. The van der Waals surface area contributed by atoms with Gasteiger partial charge in [-0.3, -0.25) is 14.7 Å². The summed E-state index contributed by atoms with van der Waals surface area (Å²) in [7, 11) is 0. The molecule has 38 heavy (non-hydrogen) atoms. The van der Waals surface area contributed by atoms with E-state index in [0.29, 0.717) is 12.8 Å². The van der Waals surface area contributed by atoms with E-state index in [4.69, 9.17) is 4.98 Å². The highest BCUT2D eigenvalue weighted by Crippen LogP contribution is 2.19. The number of carbonyl (C=O) groups is 1. The third kappa shape index (κ3) is 6.57. The number of hydrogen-bond acceptors (Lipinski definition) is 6. The van der Waals surface area contributed by atoms with Gasteiger partial charge in [0.2, 0.25) is 0 Å². The zero-order valence-corrected chi connectivity index (χ0v) is 22.3. The summed E-state index contributed by atoms with van der Waals surface area (Å²) in [6.45, 7) is 10.8. The standard InChI is InChI=1S/C32H35N5O/c1-3-36-15-17-37(18-16-36)23-25-8-10-27(11-9-25)31(38)20-26-7-6-24(2)29(19-26)21-32-34-14-12-30(35-32)28-5-4-13-33-22-28/h4-14,19,22H,3,15-18,20-21,23H2,1-2H3. The Labute approximate surface area is 225 Å². The van der Waals surface area contributed by atoms with Crippen LogP contribution in [0.4, 0.5) is 0 Å². The average Bonchev–Trinajstić information content (AvgIpc) is 2.96. The van der Waals surface area contributed by atoms with E-state index in [2.05, 4.69) is 57.9 Å². The zero-order valence-electron chi connectivity index (χ0n) is 22.3. The van der Waals surface area contributed by atoms with E-state index in [1.54, 1.807) is 12.4 Å². The van der Waals surface area contributed by atoms with Crippen molar-refractivity contribution in [3.63, 3.8) is 0 Å². The van der Waals surface area contributed by atoms with Gasteiger partial charge >= 0.3 is 0 Å². The number of carbonyl (C=O) groups excluding carboxylic acids is 1. The summed E-state index contributed by atoms with van der Waals surface area (Å²) in [4.78, 5) is 31.5. The summed E-state index contributed by atoms with van der Waals surface area (Å²) in [6, 6.07) is 20.2. The Hall–Kier alpha value is -3.74.